The van der Waals surface area contributed by atoms with Gasteiger partial charge in [-0.1, -0.05) is 47.5 Å². The molecule has 2 aromatic rings. The third kappa shape index (κ3) is 4.54. The molecule has 0 bridgehead atoms. The van der Waals surface area contributed by atoms with Gasteiger partial charge in [0.1, 0.15) is 18.2 Å². The molecule has 1 aliphatic heterocycles. The van der Waals surface area contributed by atoms with Crippen molar-refractivity contribution >= 4 is 35.1 Å². The van der Waals surface area contributed by atoms with Crippen molar-refractivity contribution in [2.24, 2.45) is 0 Å². The van der Waals surface area contributed by atoms with E-state index in [4.69, 9.17) is 27.9 Å². The highest BCUT2D eigenvalue weighted by Gasteiger charge is 2.46. The van der Waals surface area contributed by atoms with Gasteiger partial charge in [-0.3, -0.25) is 9.59 Å². The molecule has 0 aromatic heterocycles. The number of carboxylic acids is 1. The van der Waals surface area contributed by atoms with Crippen LogP contribution in [0.2, 0.25) is 10.0 Å². The van der Waals surface area contributed by atoms with Crippen LogP contribution in [0.25, 0.3) is 0 Å². The normalized spacial score (nSPS) is 22.8. The maximum atomic E-state index is 13.1. The predicted octanol–water partition coefficient (Wildman–Crippen LogP) is 4.39. The summed E-state index contributed by atoms with van der Waals surface area (Å²) in [5.41, 5.74) is 1.39. The number of amides is 1. The van der Waals surface area contributed by atoms with Crippen molar-refractivity contribution in [3.05, 3.63) is 69.7 Å². The minimum atomic E-state index is -1.21. The second kappa shape index (κ2) is 8.83. The molecule has 1 aliphatic rings. The summed E-state index contributed by atoms with van der Waals surface area (Å²) >= 11 is 12.2. The standard InChI is InChI=1S/C21H18Cl2N2O4/c1-12(11-24)25-19(13-5-7-15(22)8-6-13)20(14-3-2-4-16(23)9-14)29-17(21(25)28)10-18(26)27/h2-9,12,17,19-20H,10H2,1H3,(H,26,27)/t12-,17-,19+,20-/m1/s1. The van der Waals surface area contributed by atoms with E-state index in [-0.39, 0.29) is 0 Å². The number of carbonyl (C=O) groups excluding carboxylic acids is 1. The topological polar surface area (TPSA) is 90.6 Å². The SMILES string of the molecule is C[C@H](C#N)N1C(=O)[C@@H](CC(=O)O)O[C@H](c2cccc(Cl)c2)[C@@H]1c1ccc(Cl)cc1. The van der Waals surface area contributed by atoms with Crippen LogP contribution in [0.3, 0.4) is 0 Å². The Labute approximate surface area is 178 Å². The summed E-state index contributed by atoms with van der Waals surface area (Å²) in [5.74, 6) is -1.71. The minimum absolute atomic E-state index is 0.479. The summed E-state index contributed by atoms with van der Waals surface area (Å²) in [5, 5.41) is 19.8. The fourth-order valence-corrected chi connectivity index (χ4v) is 3.81. The second-order valence-electron chi connectivity index (χ2n) is 6.75. The summed E-state index contributed by atoms with van der Waals surface area (Å²) in [6.07, 6.45) is -2.43. The number of carboxylic acid groups (broad SMARTS) is 1. The average molecular weight is 433 g/mol. The lowest BCUT2D eigenvalue weighted by Gasteiger charge is -2.45. The number of carbonyl (C=O) groups is 2. The quantitative estimate of drug-likeness (QED) is 0.756. The van der Waals surface area contributed by atoms with Crippen molar-refractivity contribution in [1.82, 2.24) is 4.90 Å². The van der Waals surface area contributed by atoms with Gasteiger partial charge in [0.15, 0.2) is 0 Å². The highest BCUT2D eigenvalue weighted by atomic mass is 35.5. The molecule has 1 heterocycles. The van der Waals surface area contributed by atoms with Crippen molar-refractivity contribution in [3.8, 4) is 6.07 Å². The first-order chi connectivity index (χ1) is 13.8. The molecular formula is C21H18Cl2N2O4. The summed E-state index contributed by atoms with van der Waals surface area (Å²) < 4.78 is 6.00. The van der Waals surface area contributed by atoms with Gasteiger partial charge in [0.05, 0.1) is 18.5 Å². The minimum Gasteiger partial charge on any atom is -0.481 e. The van der Waals surface area contributed by atoms with Gasteiger partial charge in [0, 0.05) is 10.0 Å². The van der Waals surface area contributed by atoms with Crippen molar-refractivity contribution in [2.75, 3.05) is 0 Å². The number of nitriles is 1. The molecule has 1 fully saturated rings. The Morgan fingerprint density at radius 3 is 2.48 bits per heavy atom. The van der Waals surface area contributed by atoms with Crippen molar-refractivity contribution < 1.29 is 19.4 Å². The first-order valence-electron chi connectivity index (χ1n) is 8.91. The Morgan fingerprint density at radius 2 is 1.90 bits per heavy atom. The Hall–Kier alpha value is -2.59. The zero-order valence-corrected chi connectivity index (χ0v) is 17.0. The van der Waals surface area contributed by atoms with Crippen LogP contribution in [0.1, 0.15) is 36.6 Å². The van der Waals surface area contributed by atoms with Crippen LogP contribution in [0.5, 0.6) is 0 Å². The van der Waals surface area contributed by atoms with Crippen molar-refractivity contribution in [1.29, 1.82) is 5.26 Å². The van der Waals surface area contributed by atoms with Gasteiger partial charge in [-0.15, -0.1) is 0 Å². The lowest BCUT2D eigenvalue weighted by molar-refractivity contribution is -0.180. The number of halogens is 2. The first-order valence-corrected chi connectivity index (χ1v) is 9.67. The number of hydrogen-bond donors (Lipinski definition) is 1. The molecule has 1 saturated heterocycles. The fourth-order valence-electron chi connectivity index (χ4n) is 3.49. The third-order valence-electron chi connectivity index (χ3n) is 4.78. The Kier molecular flexibility index (Phi) is 6.43. The van der Waals surface area contributed by atoms with Gasteiger partial charge in [-0.25, -0.2) is 0 Å². The Balaban J connectivity index is 2.16. The van der Waals surface area contributed by atoms with Gasteiger partial charge < -0.3 is 14.7 Å². The number of hydrogen-bond acceptors (Lipinski definition) is 4. The van der Waals surface area contributed by atoms with E-state index in [2.05, 4.69) is 6.07 Å². The first kappa shape index (κ1) is 21.1. The molecule has 150 valence electrons. The van der Waals surface area contributed by atoms with Gasteiger partial charge >= 0.3 is 5.97 Å². The van der Waals surface area contributed by atoms with Crippen LogP contribution in [-0.4, -0.2) is 34.0 Å². The lowest BCUT2D eigenvalue weighted by atomic mass is 9.90. The van der Waals surface area contributed by atoms with Gasteiger partial charge in [-0.05, 0) is 42.3 Å². The largest absolute Gasteiger partial charge is 0.481 e. The van der Waals surface area contributed by atoms with Crippen LogP contribution < -0.4 is 0 Å². The van der Waals surface area contributed by atoms with Crippen LogP contribution in [0.15, 0.2) is 48.5 Å². The second-order valence-corrected chi connectivity index (χ2v) is 7.62. The predicted molar refractivity (Wildman–Crippen MR) is 107 cm³/mol. The van der Waals surface area contributed by atoms with Crippen molar-refractivity contribution in [2.45, 2.75) is 37.6 Å². The number of aliphatic carboxylic acids is 1. The van der Waals surface area contributed by atoms with Crippen LogP contribution in [-0.2, 0) is 14.3 Å². The molecule has 0 saturated carbocycles. The van der Waals surface area contributed by atoms with Crippen LogP contribution in [0.4, 0.5) is 0 Å². The monoisotopic (exact) mass is 432 g/mol. The van der Waals surface area contributed by atoms with Gasteiger partial charge in [0.25, 0.3) is 5.91 Å². The number of morpholine rings is 1. The summed E-state index contributed by atoms with van der Waals surface area (Å²) in [7, 11) is 0. The van der Waals surface area contributed by atoms with Gasteiger partial charge in [0.2, 0.25) is 0 Å². The van der Waals surface area contributed by atoms with E-state index in [1.165, 1.54) is 4.90 Å². The van der Waals surface area contributed by atoms with E-state index in [1.54, 1.807) is 55.5 Å². The molecule has 2 aromatic carbocycles. The molecule has 1 amide bonds. The number of rotatable bonds is 5. The molecular weight excluding hydrogens is 415 g/mol. The molecule has 3 rings (SSSR count). The Morgan fingerprint density at radius 1 is 1.21 bits per heavy atom. The van der Waals surface area contributed by atoms with E-state index < -0.39 is 42.6 Å². The zero-order valence-electron chi connectivity index (χ0n) is 15.5. The molecule has 29 heavy (non-hydrogen) atoms. The lowest BCUT2D eigenvalue weighted by Crippen LogP contribution is -2.54. The average Bonchev–Trinajstić information content (AvgIpc) is 2.69. The molecule has 0 aliphatic carbocycles. The molecule has 1 N–H and O–H groups in total. The van der Waals surface area contributed by atoms with E-state index in [1.807, 2.05) is 0 Å². The van der Waals surface area contributed by atoms with Crippen molar-refractivity contribution in [3.63, 3.8) is 0 Å². The third-order valence-corrected chi connectivity index (χ3v) is 5.27. The number of nitrogens with zero attached hydrogens (tertiary/aromatic N) is 2. The zero-order chi connectivity index (χ0) is 21.1. The van der Waals surface area contributed by atoms with E-state index in [0.29, 0.717) is 21.2 Å². The Bertz CT molecular complexity index is 958. The molecule has 6 nitrogen and oxygen atoms in total. The molecule has 4 atom stereocenters. The highest BCUT2D eigenvalue weighted by Crippen LogP contribution is 2.44. The molecule has 0 unspecified atom stereocenters. The molecule has 0 radical (unpaired) electrons. The molecule has 0 spiro atoms. The van der Waals surface area contributed by atoms with Crippen LogP contribution in [0, 0.1) is 11.3 Å². The maximum Gasteiger partial charge on any atom is 0.306 e. The van der Waals surface area contributed by atoms with E-state index in [0.717, 1.165) is 0 Å². The summed E-state index contributed by atoms with van der Waals surface area (Å²) in [6.45, 7) is 1.60. The van der Waals surface area contributed by atoms with Crippen LogP contribution >= 0.6 is 23.2 Å². The molecule has 8 heteroatoms. The summed E-state index contributed by atoms with van der Waals surface area (Å²) in [6, 6.07) is 14.5. The fraction of sp³-hybridized carbons (Fsp3) is 0.286. The highest BCUT2D eigenvalue weighted by molar-refractivity contribution is 6.30. The smallest absolute Gasteiger partial charge is 0.306 e. The maximum absolute atomic E-state index is 13.1. The van der Waals surface area contributed by atoms with E-state index >= 15 is 0 Å². The number of ether oxygens (including phenoxy) is 1. The van der Waals surface area contributed by atoms with Gasteiger partial charge in [-0.2, -0.15) is 5.26 Å². The van der Waals surface area contributed by atoms with E-state index in [9.17, 15) is 20.0 Å². The summed E-state index contributed by atoms with van der Waals surface area (Å²) in [4.78, 5) is 25.8. The number of benzene rings is 2.